The molecule has 10 nitrogen and oxygen atoms in total. The molecule has 0 aliphatic carbocycles. The van der Waals surface area contributed by atoms with Crippen LogP contribution in [-0.2, 0) is 4.74 Å². The van der Waals surface area contributed by atoms with E-state index < -0.39 is 17.5 Å². The van der Waals surface area contributed by atoms with Crippen LogP contribution in [0.3, 0.4) is 0 Å². The van der Waals surface area contributed by atoms with Gasteiger partial charge in [0.15, 0.2) is 0 Å². The Balaban J connectivity index is 1.25. The number of rotatable bonds is 8. The van der Waals surface area contributed by atoms with Crippen LogP contribution in [-0.4, -0.2) is 63.2 Å². The van der Waals surface area contributed by atoms with Crippen molar-refractivity contribution in [2.24, 2.45) is 11.7 Å². The summed E-state index contributed by atoms with van der Waals surface area (Å²) in [6.45, 7) is 6.12. The summed E-state index contributed by atoms with van der Waals surface area (Å²) in [5.41, 5.74) is 9.03. The maximum Gasteiger partial charge on any atom is 0.274 e. The smallest absolute Gasteiger partial charge is 0.274 e. The minimum Gasteiger partial charge on any atom is -0.380 e. The van der Waals surface area contributed by atoms with Gasteiger partial charge in [-0.05, 0) is 48.7 Å². The molecule has 5 heterocycles. The van der Waals surface area contributed by atoms with E-state index in [1.54, 1.807) is 25.5 Å². The number of hydrogen-bond donors (Lipinski definition) is 2. The SMILES string of the molecule is CCCC1CN(c2ccncc2NC(=O)c2ccc(F)c(-c3c(C)cc(C4COC4)cc3F)n2)CC(N)C1n1ccnn1. The number of anilines is 2. The van der Waals surface area contributed by atoms with Crippen molar-refractivity contribution in [2.75, 3.05) is 36.5 Å². The third-order valence-electron chi connectivity index (χ3n) is 8.34. The van der Waals surface area contributed by atoms with Crippen LogP contribution in [0.4, 0.5) is 20.2 Å². The van der Waals surface area contributed by atoms with Gasteiger partial charge in [-0.3, -0.25) is 9.78 Å². The molecule has 43 heavy (non-hydrogen) atoms. The number of aromatic nitrogens is 5. The van der Waals surface area contributed by atoms with Gasteiger partial charge in [-0.15, -0.1) is 5.10 Å². The summed E-state index contributed by atoms with van der Waals surface area (Å²) in [4.78, 5) is 24.1. The maximum atomic E-state index is 15.3. The lowest BCUT2D eigenvalue weighted by molar-refractivity contribution is 0.00831. The number of aryl methyl sites for hydroxylation is 1. The topological polar surface area (TPSA) is 124 Å². The molecule has 6 rings (SSSR count). The van der Waals surface area contributed by atoms with Crippen LogP contribution in [0, 0.1) is 24.5 Å². The fourth-order valence-electron chi connectivity index (χ4n) is 6.22. The molecule has 2 aliphatic heterocycles. The summed E-state index contributed by atoms with van der Waals surface area (Å²) in [5.74, 6) is -1.55. The third kappa shape index (κ3) is 5.72. The first-order valence-electron chi connectivity index (χ1n) is 14.5. The average Bonchev–Trinajstić information content (AvgIpc) is 3.47. The second-order valence-electron chi connectivity index (χ2n) is 11.3. The Morgan fingerprint density at radius 1 is 1.14 bits per heavy atom. The molecular weight excluding hydrogens is 554 g/mol. The first kappa shape index (κ1) is 28.8. The minimum atomic E-state index is -0.716. The highest BCUT2D eigenvalue weighted by atomic mass is 19.1. The van der Waals surface area contributed by atoms with E-state index >= 15 is 4.39 Å². The first-order valence-corrected chi connectivity index (χ1v) is 14.5. The molecule has 3 N–H and O–H groups in total. The van der Waals surface area contributed by atoms with E-state index in [1.807, 2.05) is 23.0 Å². The molecule has 3 atom stereocenters. The fourth-order valence-corrected chi connectivity index (χ4v) is 6.22. The number of hydrogen-bond acceptors (Lipinski definition) is 8. The van der Waals surface area contributed by atoms with Gasteiger partial charge in [-0.1, -0.05) is 24.6 Å². The van der Waals surface area contributed by atoms with Crippen molar-refractivity contribution in [2.45, 2.75) is 44.7 Å². The van der Waals surface area contributed by atoms with Gasteiger partial charge in [0.25, 0.3) is 5.91 Å². The number of pyridine rings is 2. The number of amides is 1. The standard InChI is InChI=1S/C31H34F2N8O2/c1-3-4-19-14-40(15-24(34)30(19)41-10-9-36-39-41)27-7-8-35-13-26(27)38-31(42)25-6-5-22(32)29(37-25)28-18(2)11-20(12-23(28)33)21-16-43-17-21/h5-13,19,21,24,30H,3-4,14-17,34H2,1-2H3,(H,38,42). The Bertz CT molecular complexity index is 1590. The monoisotopic (exact) mass is 588 g/mol. The molecule has 12 heteroatoms. The van der Waals surface area contributed by atoms with Gasteiger partial charge >= 0.3 is 0 Å². The van der Waals surface area contributed by atoms with Crippen molar-refractivity contribution in [3.8, 4) is 11.3 Å². The Morgan fingerprint density at radius 3 is 2.67 bits per heavy atom. The molecule has 0 spiro atoms. The van der Waals surface area contributed by atoms with Crippen molar-refractivity contribution >= 4 is 17.3 Å². The number of nitrogens with two attached hydrogens (primary N) is 1. The van der Waals surface area contributed by atoms with E-state index in [4.69, 9.17) is 10.5 Å². The van der Waals surface area contributed by atoms with Crippen LogP contribution >= 0.6 is 0 Å². The number of nitrogens with zero attached hydrogens (tertiary/aromatic N) is 6. The minimum absolute atomic E-state index is 0.000357. The lowest BCUT2D eigenvalue weighted by Gasteiger charge is -2.43. The highest BCUT2D eigenvalue weighted by Gasteiger charge is 2.37. The molecule has 0 radical (unpaired) electrons. The Hall–Kier alpha value is -4.29. The van der Waals surface area contributed by atoms with Crippen molar-refractivity contribution in [1.82, 2.24) is 25.0 Å². The molecule has 1 amide bonds. The van der Waals surface area contributed by atoms with Crippen LogP contribution in [0.25, 0.3) is 11.3 Å². The molecule has 3 aromatic heterocycles. The van der Waals surface area contributed by atoms with Gasteiger partial charge in [0.05, 0.1) is 43.0 Å². The van der Waals surface area contributed by atoms with E-state index in [-0.39, 0.29) is 40.9 Å². The molecule has 2 fully saturated rings. The summed E-state index contributed by atoms with van der Waals surface area (Å²) >= 11 is 0. The van der Waals surface area contributed by atoms with Crippen LogP contribution in [0.5, 0.6) is 0 Å². The number of ether oxygens (including phenoxy) is 1. The molecule has 4 aromatic rings. The summed E-state index contributed by atoms with van der Waals surface area (Å²) in [6.07, 6.45) is 8.64. The molecular formula is C31H34F2N8O2. The van der Waals surface area contributed by atoms with Gasteiger partial charge < -0.3 is 20.7 Å². The molecule has 1 aromatic carbocycles. The van der Waals surface area contributed by atoms with Crippen LogP contribution in [0.2, 0.25) is 0 Å². The van der Waals surface area contributed by atoms with Crippen molar-refractivity contribution in [3.05, 3.63) is 83.6 Å². The van der Waals surface area contributed by atoms with Crippen LogP contribution < -0.4 is 16.0 Å². The van der Waals surface area contributed by atoms with Gasteiger partial charge in [0.1, 0.15) is 23.0 Å². The normalized spacial score (nSPS) is 20.6. The number of carbonyl (C=O) groups excluding carboxylic acids is 1. The highest BCUT2D eigenvalue weighted by molar-refractivity contribution is 6.04. The van der Waals surface area contributed by atoms with E-state index in [0.29, 0.717) is 37.6 Å². The first-order chi connectivity index (χ1) is 20.8. The van der Waals surface area contributed by atoms with E-state index in [1.165, 1.54) is 12.1 Å². The molecule has 2 aliphatic rings. The highest BCUT2D eigenvalue weighted by Crippen LogP contribution is 2.36. The third-order valence-corrected chi connectivity index (χ3v) is 8.34. The van der Waals surface area contributed by atoms with Crippen molar-refractivity contribution in [1.29, 1.82) is 0 Å². The lowest BCUT2D eigenvalue weighted by Crippen LogP contribution is -2.54. The maximum absolute atomic E-state index is 15.3. The van der Waals surface area contributed by atoms with Gasteiger partial charge in [-0.25, -0.2) is 18.4 Å². The lowest BCUT2D eigenvalue weighted by atomic mass is 9.85. The predicted molar refractivity (Wildman–Crippen MR) is 158 cm³/mol. The van der Waals surface area contributed by atoms with Crippen LogP contribution in [0.1, 0.15) is 53.3 Å². The summed E-state index contributed by atoms with van der Waals surface area (Å²) in [5, 5.41) is 11.1. The van der Waals surface area contributed by atoms with Gasteiger partial charge in [-0.2, -0.15) is 0 Å². The number of nitrogens with one attached hydrogen (secondary N) is 1. The predicted octanol–water partition coefficient (Wildman–Crippen LogP) is 4.49. The number of piperidine rings is 1. The summed E-state index contributed by atoms with van der Waals surface area (Å²) in [7, 11) is 0. The van der Waals surface area contributed by atoms with E-state index in [9.17, 15) is 9.18 Å². The zero-order chi connectivity index (χ0) is 30.1. The molecule has 2 saturated heterocycles. The Kier molecular flexibility index (Phi) is 8.13. The zero-order valence-electron chi connectivity index (χ0n) is 24.1. The van der Waals surface area contributed by atoms with E-state index in [0.717, 1.165) is 30.2 Å². The van der Waals surface area contributed by atoms with Crippen molar-refractivity contribution in [3.63, 3.8) is 0 Å². The van der Waals surface area contributed by atoms with Crippen LogP contribution in [0.15, 0.2) is 55.1 Å². The second kappa shape index (κ2) is 12.1. The largest absolute Gasteiger partial charge is 0.380 e. The number of carbonyl (C=O) groups is 1. The second-order valence-corrected chi connectivity index (χ2v) is 11.3. The molecule has 0 bridgehead atoms. The number of benzene rings is 1. The van der Waals surface area contributed by atoms with E-state index in [2.05, 4.69) is 37.4 Å². The fraction of sp³-hybridized carbons (Fsp3) is 0.387. The molecule has 3 unspecified atom stereocenters. The average molecular weight is 589 g/mol. The quantitative estimate of drug-likeness (QED) is 0.309. The van der Waals surface area contributed by atoms with Gasteiger partial charge in [0.2, 0.25) is 0 Å². The van der Waals surface area contributed by atoms with Gasteiger partial charge in [0, 0.05) is 48.9 Å². The Labute approximate surface area is 248 Å². The summed E-state index contributed by atoms with van der Waals surface area (Å²) in [6, 6.07) is 7.24. The number of halogens is 2. The Morgan fingerprint density at radius 2 is 1.98 bits per heavy atom. The molecule has 0 saturated carbocycles. The zero-order valence-corrected chi connectivity index (χ0v) is 24.1. The molecule has 224 valence electrons. The summed E-state index contributed by atoms with van der Waals surface area (Å²) < 4.78 is 37.4. The van der Waals surface area contributed by atoms with Crippen molar-refractivity contribution < 1.29 is 18.3 Å².